The summed E-state index contributed by atoms with van der Waals surface area (Å²) in [5.41, 5.74) is 13.9. The van der Waals surface area contributed by atoms with Crippen molar-refractivity contribution in [2.24, 2.45) is 0 Å². The van der Waals surface area contributed by atoms with Gasteiger partial charge < -0.3 is 4.42 Å². The molecule has 0 saturated carbocycles. The summed E-state index contributed by atoms with van der Waals surface area (Å²) in [5, 5.41) is 12.1. The van der Waals surface area contributed by atoms with E-state index in [9.17, 15) is 0 Å². The minimum Gasteiger partial charge on any atom is -0.456 e. The minimum atomic E-state index is 0.882. The summed E-state index contributed by atoms with van der Waals surface area (Å²) >= 11 is 0. The molecular weight excluding hydrogens is 713 g/mol. The predicted molar refractivity (Wildman–Crippen MR) is 251 cm³/mol. The molecule has 1 heteroatoms. The SMILES string of the molecule is c1ccc(-c2ccc(-c3ccc4oc5ccccc5c4c3-c3cc(-c4c5ccccc5c(-c5ccccc5)c5ccccc45)c4ccccc4c3)c3ccccc23)cc1. The third kappa shape index (κ3) is 5.25. The summed E-state index contributed by atoms with van der Waals surface area (Å²) in [5.74, 6) is 0. The quantitative estimate of drug-likeness (QED) is 0.160. The fraction of sp³-hybridized carbons (Fsp3) is 0. The third-order valence-electron chi connectivity index (χ3n) is 12.3. The maximum Gasteiger partial charge on any atom is 0.136 e. The van der Waals surface area contributed by atoms with Gasteiger partial charge in [0.15, 0.2) is 0 Å². The maximum atomic E-state index is 6.64. The summed E-state index contributed by atoms with van der Waals surface area (Å²) in [6.07, 6.45) is 0. The molecule has 274 valence electrons. The topological polar surface area (TPSA) is 13.1 Å². The minimum absolute atomic E-state index is 0.882. The van der Waals surface area contributed by atoms with Crippen molar-refractivity contribution in [3.8, 4) is 55.6 Å². The zero-order valence-electron chi connectivity index (χ0n) is 32.2. The van der Waals surface area contributed by atoms with E-state index in [4.69, 9.17) is 4.42 Å². The largest absolute Gasteiger partial charge is 0.456 e. The van der Waals surface area contributed by atoms with E-state index in [0.717, 1.165) is 27.5 Å². The average Bonchev–Trinajstić information content (AvgIpc) is 3.69. The Hall–Kier alpha value is -7.74. The Kier molecular flexibility index (Phi) is 7.61. The Bertz CT molecular complexity index is 3540. The Morgan fingerprint density at radius 2 is 0.729 bits per heavy atom. The van der Waals surface area contributed by atoms with E-state index in [2.05, 4.69) is 218 Å². The van der Waals surface area contributed by atoms with Crippen molar-refractivity contribution in [3.63, 3.8) is 0 Å². The van der Waals surface area contributed by atoms with Gasteiger partial charge in [0, 0.05) is 16.3 Å². The standard InChI is InChI=1S/C58H36O/c1-3-17-37(18-4-1)42-31-32-45(44-24-10-9-23-43(42)44)50-33-34-54-58(51-29-15-16-30-53(51)59-54)56(50)40-35-39-21-7-8-22-41(39)52(36-40)57-48-27-13-11-25-46(48)55(38-19-5-2-6-20-38)47-26-12-14-28-49(47)57/h1-36H. The van der Waals surface area contributed by atoms with Gasteiger partial charge in [-0.3, -0.25) is 0 Å². The first-order valence-electron chi connectivity index (χ1n) is 20.3. The molecule has 1 aromatic heterocycles. The molecule has 1 nitrogen and oxygen atoms in total. The highest BCUT2D eigenvalue weighted by molar-refractivity contribution is 6.25. The molecule has 0 amide bonds. The second kappa shape index (κ2) is 13.4. The smallest absolute Gasteiger partial charge is 0.136 e. The Morgan fingerprint density at radius 3 is 1.41 bits per heavy atom. The van der Waals surface area contributed by atoms with Gasteiger partial charge >= 0.3 is 0 Å². The van der Waals surface area contributed by atoms with Crippen molar-refractivity contribution in [1.29, 1.82) is 0 Å². The van der Waals surface area contributed by atoms with Crippen molar-refractivity contribution >= 4 is 65.0 Å². The van der Waals surface area contributed by atoms with Crippen LogP contribution in [-0.2, 0) is 0 Å². The Balaban J connectivity index is 1.21. The van der Waals surface area contributed by atoms with Crippen molar-refractivity contribution in [1.82, 2.24) is 0 Å². The molecule has 12 rings (SSSR count). The van der Waals surface area contributed by atoms with Gasteiger partial charge in [0.2, 0.25) is 0 Å². The van der Waals surface area contributed by atoms with Gasteiger partial charge in [0.25, 0.3) is 0 Å². The summed E-state index contributed by atoms with van der Waals surface area (Å²) in [4.78, 5) is 0. The van der Waals surface area contributed by atoms with Gasteiger partial charge in [-0.05, 0) is 123 Å². The first kappa shape index (κ1) is 33.4. The monoisotopic (exact) mass is 748 g/mol. The van der Waals surface area contributed by atoms with Crippen molar-refractivity contribution in [2.75, 3.05) is 0 Å². The van der Waals surface area contributed by atoms with Crippen LogP contribution in [-0.4, -0.2) is 0 Å². The van der Waals surface area contributed by atoms with Crippen LogP contribution in [0.4, 0.5) is 0 Å². The predicted octanol–water partition coefficient (Wildman–Crippen LogP) is 16.5. The zero-order valence-corrected chi connectivity index (χ0v) is 32.2. The van der Waals surface area contributed by atoms with Crippen LogP contribution in [0.5, 0.6) is 0 Å². The van der Waals surface area contributed by atoms with E-state index in [1.165, 1.54) is 93.2 Å². The first-order valence-corrected chi connectivity index (χ1v) is 20.3. The summed E-state index contributed by atoms with van der Waals surface area (Å²) in [6.45, 7) is 0. The third-order valence-corrected chi connectivity index (χ3v) is 12.3. The van der Waals surface area contributed by atoms with E-state index in [1.807, 2.05) is 0 Å². The van der Waals surface area contributed by atoms with E-state index in [-0.39, 0.29) is 0 Å². The van der Waals surface area contributed by atoms with Crippen LogP contribution in [0.2, 0.25) is 0 Å². The highest BCUT2D eigenvalue weighted by Crippen LogP contribution is 2.50. The molecule has 0 bridgehead atoms. The number of para-hydroxylation sites is 1. The normalized spacial score (nSPS) is 11.7. The van der Waals surface area contributed by atoms with Gasteiger partial charge in [0.1, 0.15) is 11.2 Å². The van der Waals surface area contributed by atoms with Crippen molar-refractivity contribution in [2.45, 2.75) is 0 Å². The molecule has 0 N–H and O–H groups in total. The number of rotatable bonds is 5. The van der Waals surface area contributed by atoms with E-state index in [0.29, 0.717) is 0 Å². The molecule has 0 saturated heterocycles. The molecular formula is C58H36O. The highest BCUT2D eigenvalue weighted by atomic mass is 16.3. The second-order valence-corrected chi connectivity index (χ2v) is 15.5. The van der Waals surface area contributed by atoms with Gasteiger partial charge in [-0.2, -0.15) is 0 Å². The van der Waals surface area contributed by atoms with E-state index >= 15 is 0 Å². The van der Waals surface area contributed by atoms with Crippen LogP contribution in [0, 0.1) is 0 Å². The lowest BCUT2D eigenvalue weighted by Crippen LogP contribution is -1.94. The molecule has 0 atom stereocenters. The van der Waals surface area contributed by atoms with E-state index < -0.39 is 0 Å². The van der Waals surface area contributed by atoms with Crippen LogP contribution in [0.1, 0.15) is 0 Å². The lowest BCUT2D eigenvalue weighted by molar-refractivity contribution is 0.669. The molecule has 1 heterocycles. The summed E-state index contributed by atoms with van der Waals surface area (Å²) in [7, 11) is 0. The van der Waals surface area contributed by atoms with Crippen LogP contribution >= 0.6 is 0 Å². The average molecular weight is 749 g/mol. The van der Waals surface area contributed by atoms with Crippen molar-refractivity contribution < 1.29 is 4.42 Å². The Morgan fingerprint density at radius 1 is 0.237 bits per heavy atom. The summed E-state index contributed by atoms with van der Waals surface area (Å²) in [6, 6.07) is 79.6. The molecule has 59 heavy (non-hydrogen) atoms. The zero-order chi connectivity index (χ0) is 38.9. The van der Waals surface area contributed by atoms with E-state index in [1.54, 1.807) is 0 Å². The lowest BCUT2D eigenvalue weighted by Gasteiger charge is -2.21. The van der Waals surface area contributed by atoms with Crippen LogP contribution in [0.15, 0.2) is 223 Å². The number of hydrogen-bond acceptors (Lipinski definition) is 1. The van der Waals surface area contributed by atoms with Gasteiger partial charge in [-0.1, -0.05) is 188 Å². The summed E-state index contributed by atoms with van der Waals surface area (Å²) < 4.78 is 6.64. The molecule has 0 fully saturated rings. The van der Waals surface area contributed by atoms with Crippen LogP contribution in [0.3, 0.4) is 0 Å². The fourth-order valence-corrected chi connectivity index (χ4v) is 9.74. The molecule has 0 aliphatic carbocycles. The maximum absolute atomic E-state index is 6.64. The Labute approximate surface area is 342 Å². The molecule has 0 aliphatic heterocycles. The molecule has 12 aromatic rings. The number of hydrogen-bond donors (Lipinski definition) is 0. The molecule has 0 aliphatic rings. The van der Waals surface area contributed by atoms with Gasteiger partial charge in [0.05, 0.1) is 0 Å². The van der Waals surface area contributed by atoms with Crippen LogP contribution < -0.4 is 0 Å². The number of furan rings is 1. The van der Waals surface area contributed by atoms with Gasteiger partial charge in [-0.25, -0.2) is 0 Å². The fourth-order valence-electron chi connectivity index (χ4n) is 9.74. The first-order chi connectivity index (χ1) is 29.3. The van der Waals surface area contributed by atoms with Crippen LogP contribution in [0.25, 0.3) is 121 Å². The number of fused-ring (bicyclic) bond motifs is 7. The van der Waals surface area contributed by atoms with Gasteiger partial charge in [-0.15, -0.1) is 0 Å². The molecule has 11 aromatic carbocycles. The molecule has 0 unspecified atom stereocenters. The molecule has 0 spiro atoms. The highest BCUT2D eigenvalue weighted by Gasteiger charge is 2.23. The molecule has 0 radical (unpaired) electrons. The second-order valence-electron chi connectivity index (χ2n) is 15.5. The lowest BCUT2D eigenvalue weighted by atomic mass is 9.82. The number of benzene rings is 11. The van der Waals surface area contributed by atoms with Crippen molar-refractivity contribution in [3.05, 3.63) is 218 Å².